The average molecular weight is 184 g/mol. The smallest absolute Gasteiger partial charge is 0.317 e. The second kappa shape index (κ2) is 4.84. The summed E-state index contributed by atoms with van der Waals surface area (Å²) in [6.45, 7) is 4.09. The Morgan fingerprint density at radius 3 is 2.92 bits per heavy atom. The normalized spacial score (nSPS) is 16.1. The third-order valence-corrected chi connectivity index (χ3v) is 2.22. The number of rotatable bonds is 5. The maximum absolute atomic E-state index is 11.0. The maximum Gasteiger partial charge on any atom is 0.317 e. The van der Waals surface area contributed by atoms with Crippen molar-refractivity contribution in [1.29, 1.82) is 0 Å². The van der Waals surface area contributed by atoms with Gasteiger partial charge in [0.05, 0.1) is 0 Å². The van der Waals surface area contributed by atoms with Gasteiger partial charge in [-0.15, -0.1) is 0 Å². The number of amides is 2. The molecule has 0 aromatic heterocycles. The van der Waals surface area contributed by atoms with Crippen molar-refractivity contribution in [1.82, 2.24) is 10.2 Å². The summed E-state index contributed by atoms with van der Waals surface area (Å²) < 4.78 is 0. The van der Waals surface area contributed by atoms with Crippen molar-refractivity contribution in [2.24, 2.45) is 0 Å². The van der Waals surface area contributed by atoms with Crippen LogP contribution < -0.4 is 5.32 Å². The minimum atomic E-state index is 0.00366. The summed E-state index contributed by atoms with van der Waals surface area (Å²) >= 11 is 0. The molecule has 0 atom stereocenters. The van der Waals surface area contributed by atoms with Crippen LogP contribution in [0.3, 0.4) is 0 Å². The summed E-state index contributed by atoms with van der Waals surface area (Å²) in [5.74, 6) is 0.277. The van der Waals surface area contributed by atoms with Crippen LogP contribution in [0.4, 0.5) is 4.79 Å². The molecular formula is C9H16N2O2. The second-order valence-electron chi connectivity index (χ2n) is 3.21. The molecule has 4 nitrogen and oxygen atoms in total. The molecule has 0 aliphatic carbocycles. The van der Waals surface area contributed by atoms with Gasteiger partial charge in [-0.25, -0.2) is 4.79 Å². The minimum Gasteiger partial charge on any atom is -0.336 e. The Balaban J connectivity index is 2.12. The lowest BCUT2D eigenvalue weighted by atomic mass is 10.2. The summed E-state index contributed by atoms with van der Waals surface area (Å²) in [4.78, 5) is 23.8. The highest BCUT2D eigenvalue weighted by Crippen LogP contribution is 2.01. The highest BCUT2D eigenvalue weighted by Gasteiger charge is 2.18. The lowest BCUT2D eigenvalue weighted by molar-refractivity contribution is -0.118. The molecule has 1 saturated heterocycles. The van der Waals surface area contributed by atoms with Crippen molar-refractivity contribution >= 4 is 11.8 Å². The summed E-state index contributed by atoms with van der Waals surface area (Å²) in [6.07, 6.45) is 1.99. The van der Waals surface area contributed by atoms with E-state index in [0.29, 0.717) is 19.4 Å². The van der Waals surface area contributed by atoms with Gasteiger partial charge in [0.15, 0.2) is 0 Å². The number of hydrogen-bond donors (Lipinski definition) is 1. The Labute approximate surface area is 78.3 Å². The Morgan fingerprint density at radius 1 is 1.62 bits per heavy atom. The standard InChI is InChI=1S/C9H16N2O2/c1-2-8(12)4-3-6-11-7-5-10-9(11)13/h2-7H2,1H3,(H,10,13). The molecule has 1 fully saturated rings. The van der Waals surface area contributed by atoms with E-state index in [4.69, 9.17) is 0 Å². The van der Waals surface area contributed by atoms with Gasteiger partial charge in [0, 0.05) is 32.5 Å². The summed E-state index contributed by atoms with van der Waals surface area (Å²) in [6, 6.07) is 0.00366. The van der Waals surface area contributed by atoms with Crippen LogP contribution in [0, 0.1) is 0 Å². The highest BCUT2D eigenvalue weighted by atomic mass is 16.2. The molecular weight excluding hydrogens is 168 g/mol. The van der Waals surface area contributed by atoms with E-state index in [0.717, 1.165) is 19.5 Å². The van der Waals surface area contributed by atoms with Crippen LogP contribution in [-0.4, -0.2) is 36.3 Å². The first-order valence-electron chi connectivity index (χ1n) is 4.78. The largest absolute Gasteiger partial charge is 0.336 e. The highest BCUT2D eigenvalue weighted by molar-refractivity contribution is 5.78. The molecule has 1 heterocycles. The van der Waals surface area contributed by atoms with Gasteiger partial charge in [-0.1, -0.05) is 6.92 Å². The van der Waals surface area contributed by atoms with Crippen LogP contribution in [0.15, 0.2) is 0 Å². The molecule has 1 aliphatic heterocycles. The van der Waals surface area contributed by atoms with E-state index >= 15 is 0 Å². The average Bonchev–Trinajstić information content (AvgIpc) is 2.52. The molecule has 0 unspecified atom stereocenters. The van der Waals surface area contributed by atoms with Crippen LogP contribution in [0.1, 0.15) is 26.2 Å². The van der Waals surface area contributed by atoms with Crippen molar-refractivity contribution in [3.05, 3.63) is 0 Å². The first-order chi connectivity index (χ1) is 6.24. The molecule has 1 aliphatic rings. The predicted octanol–water partition coefficient (Wildman–Crippen LogP) is 0.771. The molecule has 0 radical (unpaired) electrons. The van der Waals surface area contributed by atoms with Gasteiger partial charge in [0.25, 0.3) is 0 Å². The molecule has 0 spiro atoms. The quantitative estimate of drug-likeness (QED) is 0.686. The zero-order valence-electron chi connectivity index (χ0n) is 8.01. The van der Waals surface area contributed by atoms with E-state index in [2.05, 4.69) is 5.32 Å². The van der Waals surface area contributed by atoms with Crippen molar-refractivity contribution in [3.8, 4) is 0 Å². The third-order valence-electron chi connectivity index (χ3n) is 2.22. The summed E-state index contributed by atoms with van der Waals surface area (Å²) in [5.41, 5.74) is 0. The topological polar surface area (TPSA) is 49.4 Å². The van der Waals surface area contributed by atoms with E-state index in [1.807, 2.05) is 6.92 Å². The first kappa shape index (κ1) is 10.0. The van der Waals surface area contributed by atoms with E-state index in [1.165, 1.54) is 0 Å². The lowest BCUT2D eigenvalue weighted by Gasteiger charge is -2.12. The SMILES string of the molecule is CCC(=O)CCCN1CCNC1=O. The molecule has 0 bridgehead atoms. The lowest BCUT2D eigenvalue weighted by Crippen LogP contribution is -2.29. The zero-order chi connectivity index (χ0) is 9.68. The van der Waals surface area contributed by atoms with Gasteiger partial charge >= 0.3 is 6.03 Å². The number of carbonyl (C=O) groups is 2. The second-order valence-corrected chi connectivity index (χ2v) is 3.21. The Morgan fingerprint density at radius 2 is 2.38 bits per heavy atom. The minimum absolute atomic E-state index is 0.00366. The van der Waals surface area contributed by atoms with E-state index in [-0.39, 0.29) is 11.8 Å². The number of carbonyl (C=O) groups excluding carboxylic acids is 2. The van der Waals surface area contributed by atoms with Crippen molar-refractivity contribution < 1.29 is 9.59 Å². The van der Waals surface area contributed by atoms with Crippen LogP contribution in [-0.2, 0) is 4.79 Å². The van der Waals surface area contributed by atoms with Gasteiger partial charge in [-0.05, 0) is 6.42 Å². The monoisotopic (exact) mass is 184 g/mol. The fraction of sp³-hybridized carbons (Fsp3) is 0.778. The van der Waals surface area contributed by atoms with Gasteiger partial charge < -0.3 is 10.2 Å². The van der Waals surface area contributed by atoms with Crippen molar-refractivity contribution in [2.45, 2.75) is 26.2 Å². The van der Waals surface area contributed by atoms with E-state index < -0.39 is 0 Å². The van der Waals surface area contributed by atoms with Gasteiger partial charge in [-0.3, -0.25) is 4.79 Å². The molecule has 2 amide bonds. The maximum atomic E-state index is 11.0. The zero-order valence-corrected chi connectivity index (χ0v) is 8.01. The molecule has 0 aromatic rings. The molecule has 0 saturated carbocycles. The Bertz CT molecular complexity index is 204. The molecule has 1 N–H and O–H groups in total. The number of ketones is 1. The Kier molecular flexibility index (Phi) is 3.73. The molecule has 0 aromatic carbocycles. The third kappa shape index (κ3) is 3.05. The number of hydrogen-bond acceptors (Lipinski definition) is 2. The van der Waals surface area contributed by atoms with Gasteiger partial charge in [0.1, 0.15) is 5.78 Å². The van der Waals surface area contributed by atoms with E-state index in [1.54, 1.807) is 4.90 Å². The predicted molar refractivity (Wildman–Crippen MR) is 49.5 cm³/mol. The molecule has 13 heavy (non-hydrogen) atoms. The molecule has 74 valence electrons. The fourth-order valence-electron chi connectivity index (χ4n) is 1.37. The van der Waals surface area contributed by atoms with Gasteiger partial charge in [-0.2, -0.15) is 0 Å². The fourth-order valence-corrected chi connectivity index (χ4v) is 1.37. The molecule has 4 heteroatoms. The first-order valence-corrected chi connectivity index (χ1v) is 4.78. The summed E-state index contributed by atoms with van der Waals surface area (Å²) in [7, 11) is 0. The van der Waals surface area contributed by atoms with E-state index in [9.17, 15) is 9.59 Å². The number of urea groups is 1. The number of nitrogens with one attached hydrogen (secondary N) is 1. The summed E-state index contributed by atoms with van der Waals surface area (Å²) in [5, 5.41) is 2.72. The number of Topliss-reactive ketones (excluding diaryl/α,β-unsaturated/α-hetero) is 1. The van der Waals surface area contributed by atoms with Gasteiger partial charge in [0.2, 0.25) is 0 Å². The van der Waals surface area contributed by atoms with Crippen molar-refractivity contribution in [2.75, 3.05) is 19.6 Å². The van der Waals surface area contributed by atoms with Crippen LogP contribution in [0.25, 0.3) is 0 Å². The van der Waals surface area contributed by atoms with Crippen LogP contribution >= 0.6 is 0 Å². The number of nitrogens with zero attached hydrogens (tertiary/aromatic N) is 1. The van der Waals surface area contributed by atoms with Crippen LogP contribution in [0.2, 0.25) is 0 Å². The van der Waals surface area contributed by atoms with Crippen molar-refractivity contribution in [3.63, 3.8) is 0 Å². The van der Waals surface area contributed by atoms with Crippen LogP contribution in [0.5, 0.6) is 0 Å². The molecule has 1 rings (SSSR count). The Hall–Kier alpha value is -1.06.